The van der Waals surface area contributed by atoms with Crippen molar-refractivity contribution in [2.45, 2.75) is 39.2 Å². The quantitative estimate of drug-likeness (QED) is 0.863. The summed E-state index contributed by atoms with van der Waals surface area (Å²) in [7, 11) is 0. The molecule has 2 aliphatic rings. The molecule has 1 saturated carbocycles. The van der Waals surface area contributed by atoms with Crippen LogP contribution in [-0.2, 0) is 6.54 Å². The minimum absolute atomic E-state index is 0.614. The fraction of sp³-hybridized carbons (Fsp3) is 0.588. The first-order valence-electron chi connectivity index (χ1n) is 8.41. The highest BCUT2D eigenvalue weighted by Gasteiger charge is 2.28. The lowest BCUT2D eigenvalue weighted by atomic mass is 10.2. The molecule has 2 aromatic rings. The van der Waals surface area contributed by atoms with Gasteiger partial charge in [-0.15, -0.1) is 11.3 Å². The average Bonchev–Trinajstić information content (AvgIpc) is 3.31. The minimum atomic E-state index is 0.614. The summed E-state index contributed by atoms with van der Waals surface area (Å²) in [5.74, 6) is 2.78. The van der Waals surface area contributed by atoms with Crippen molar-refractivity contribution in [2.24, 2.45) is 0 Å². The molecule has 0 unspecified atom stereocenters. The van der Waals surface area contributed by atoms with E-state index in [9.17, 15) is 0 Å². The van der Waals surface area contributed by atoms with E-state index in [1.165, 1.54) is 18.5 Å². The van der Waals surface area contributed by atoms with Crippen LogP contribution in [0.4, 0.5) is 5.82 Å². The van der Waals surface area contributed by atoms with Crippen molar-refractivity contribution in [3.63, 3.8) is 0 Å². The number of hydrogen-bond donors (Lipinski definition) is 0. The minimum Gasteiger partial charge on any atom is -0.354 e. The predicted molar refractivity (Wildman–Crippen MR) is 93.1 cm³/mol. The molecule has 0 N–H and O–H groups in total. The van der Waals surface area contributed by atoms with Crippen LogP contribution in [0.2, 0.25) is 0 Å². The predicted octanol–water partition coefficient (Wildman–Crippen LogP) is 2.75. The Kier molecular flexibility index (Phi) is 4.03. The summed E-state index contributed by atoms with van der Waals surface area (Å²) in [6.07, 6.45) is 2.51. The van der Waals surface area contributed by atoms with Gasteiger partial charge in [0.2, 0.25) is 0 Å². The number of aromatic nitrogens is 3. The second-order valence-corrected chi connectivity index (χ2v) is 7.68. The van der Waals surface area contributed by atoms with E-state index in [4.69, 9.17) is 4.98 Å². The molecule has 2 aromatic heterocycles. The Balaban J connectivity index is 1.39. The van der Waals surface area contributed by atoms with E-state index in [0.717, 1.165) is 55.1 Å². The van der Waals surface area contributed by atoms with Gasteiger partial charge >= 0.3 is 0 Å². The van der Waals surface area contributed by atoms with Crippen LogP contribution in [0.15, 0.2) is 11.4 Å². The summed E-state index contributed by atoms with van der Waals surface area (Å²) in [6, 6.07) is 2.13. The molecule has 6 heteroatoms. The van der Waals surface area contributed by atoms with Gasteiger partial charge in [0.15, 0.2) is 0 Å². The SMILES string of the molecule is Cc1cc(N2CCN(Cc3csc(C)n3)CC2)nc(C2CC2)n1. The zero-order valence-corrected chi connectivity index (χ0v) is 14.6. The van der Waals surface area contributed by atoms with Crippen LogP contribution in [0, 0.1) is 13.8 Å². The summed E-state index contributed by atoms with van der Waals surface area (Å²) in [4.78, 5) is 18.9. The zero-order valence-electron chi connectivity index (χ0n) is 13.8. The lowest BCUT2D eigenvalue weighted by molar-refractivity contribution is 0.247. The smallest absolute Gasteiger partial charge is 0.134 e. The highest BCUT2D eigenvalue weighted by molar-refractivity contribution is 7.09. The molecule has 0 aromatic carbocycles. The molecular weight excluding hydrogens is 306 g/mol. The number of thiazole rings is 1. The highest BCUT2D eigenvalue weighted by atomic mass is 32.1. The van der Waals surface area contributed by atoms with Crippen molar-refractivity contribution in [2.75, 3.05) is 31.1 Å². The molecular formula is C17H23N5S. The third-order valence-electron chi connectivity index (χ3n) is 4.55. The Morgan fingerprint density at radius 1 is 1.09 bits per heavy atom. The van der Waals surface area contributed by atoms with Gasteiger partial charge in [0.05, 0.1) is 10.7 Å². The zero-order chi connectivity index (χ0) is 15.8. The molecule has 0 bridgehead atoms. The van der Waals surface area contributed by atoms with Crippen LogP contribution in [0.1, 0.15) is 41.0 Å². The maximum Gasteiger partial charge on any atom is 0.134 e. The largest absolute Gasteiger partial charge is 0.354 e. The van der Waals surface area contributed by atoms with Gasteiger partial charge < -0.3 is 4.90 Å². The Morgan fingerprint density at radius 3 is 2.52 bits per heavy atom. The molecule has 0 amide bonds. The molecule has 1 aliphatic heterocycles. The summed E-state index contributed by atoms with van der Waals surface area (Å²) in [5, 5.41) is 3.33. The first kappa shape index (κ1) is 15.0. The fourth-order valence-electron chi connectivity index (χ4n) is 3.11. The Hall–Kier alpha value is -1.53. The van der Waals surface area contributed by atoms with Crippen LogP contribution in [0.3, 0.4) is 0 Å². The van der Waals surface area contributed by atoms with E-state index in [0.29, 0.717) is 5.92 Å². The van der Waals surface area contributed by atoms with Gasteiger partial charge in [0.1, 0.15) is 11.6 Å². The normalized spacial score (nSPS) is 19.3. The first-order chi connectivity index (χ1) is 11.2. The van der Waals surface area contributed by atoms with Crippen LogP contribution in [0.5, 0.6) is 0 Å². The number of hydrogen-bond acceptors (Lipinski definition) is 6. The van der Waals surface area contributed by atoms with Crippen LogP contribution in [0.25, 0.3) is 0 Å². The van der Waals surface area contributed by atoms with Gasteiger partial charge in [0.25, 0.3) is 0 Å². The summed E-state index contributed by atoms with van der Waals surface area (Å²) in [5.41, 5.74) is 2.30. The number of nitrogens with zero attached hydrogens (tertiary/aromatic N) is 5. The van der Waals surface area contributed by atoms with Gasteiger partial charge in [-0.1, -0.05) is 0 Å². The Bertz CT molecular complexity index is 686. The topological polar surface area (TPSA) is 45.2 Å². The third-order valence-corrected chi connectivity index (χ3v) is 5.37. The van der Waals surface area contributed by atoms with Gasteiger partial charge in [0, 0.05) is 55.8 Å². The van der Waals surface area contributed by atoms with Crippen molar-refractivity contribution in [1.29, 1.82) is 0 Å². The van der Waals surface area contributed by atoms with Crippen LogP contribution in [-0.4, -0.2) is 46.0 Å². The monoisotopic (exact) mass is 329 g/mol. The molecule has 3 heterocycles. The van der Waals surface area contributed by atoms with E-state index >= 15 is 0 Å². The lowest BCUT2D eigenvalue weighted by Gasteiger charge is -2.35. The molecule has 0 atom stereocenters. The van der Waals surface area contributed by atoms with Gasteiger partial charge in [-0.2, -0.15) is 0 Å². The van der Waals surface area contributed by atoms with Crippen molar-refractivity contribution in [3.05, 3.63) is 33.7 Å². The maximum atomic E-state index is 4.82. The molecule has 122 valence electrons. The fourth-order valence-corrected chi connectivity index (χ4v) is 3.71. The average molecular weight is 329 g/mol. The van der Waals surface area contributed by atoms with E-state index in [1.807, 2.05) is 0 Å². The molecule has 0 radical (unpaired) electrons. The molecule has 23 heavy (non-hydrogen) atoms. The van der Waals surface area contributed by atoms with Gasteiger partial charge in [-0.05, 0) is 26.7 Å². The number of rotatable bonds is 4. The summed E-state index contributed by atoms with van der Waals surface area (Å²) >= 11 is 1.74. The van der Waals surface area contributed by atoms with E-state index < -0.39 is 0 Å². The molecule has 4 rings (SSSR count). The van der Waals surface area contributed by atoms with E-state index in [-0.39, 0.29) is 0 Å². The highest BCUT2D eigenvalue weighted by Crippen LogP contribution is 2.38. The molecule has 1 saturated heterocycles. The number of anilines is 1. The van der Waals surface area contributed by atoms with E-state index in [1.54, 1.807) is 11.3 Å². The Labute approximate surface area is 141 Å². The molecule has 2 fully saturated rings. The Morgan fingerprint density at radius 2 is 1.87 bits per heavy atom. The van der Waals surface area contributed by atoms with Gasteiger partial charge in [-0.25, -0.2) is 15.0 Å². The van der Waals surface area contributed by atoms with Crippen molar-refractivity contribution < 1.29 is 0 Å². The second-order valence-electron chi connectivity index (χ2n) is 6.62. The third kappa shape index (κ3) is 3.53. The second kappa shape index (κ2) is 6.17. The number of aryl methyl sites for hydroxylation is 2. The number of piperazine rings is 1. The van der Waals surface area contributed by atoms with Crippen molar-refractivity contribution in [3.8, 4) is 0 Å². The first-order valence-corrected chi connectivity index (χ1v) is 9.29. The molecule has 5 nitrogen and oxygen atoms in total. The summed E-state index contributed by atoms with van der Waals surface area (Å²) < 4.78 is 0. The van der Waals surface area contributed by atoms with Crippen molar-refractivity contribution >= 4 is 17.2 Å². The lowest BCUT2D eigenvalue weighted by Crippen LogP contribution is -2.46. The van der Waals surface area contributed by atoms with Gasteiger partial charge in [-0.3, -0.25) is 4.90 Å². The van der Waals surface area contributed by atoms with Crippen LogP contribution < -0.4 is 4.90 Å². The summed E-state index contributed by atoms with van der Waals surface area (Å²) in [6.45, 7) is 9.32. The maximum absolute atomic E-state index is 4.82. The van der Waals surface area contributed by atoms with Crippen LogP contribution >= 0.6 is 11.3 Å². The van der Waals surface area contributed by atoms with E-state index in [2.05, 4.69) is 45.1 Å². The molecule has 0 spiro atoms. The van der Waals surface area contributed by atoms with Crippen molar-refractivity contribution in [1.82, 2.24) is 19.9 Å². The standard InChI is InChI=1S/C17H23N5S/c1-12-9-16(20-17(18-12)14-3-4-14)22-7-5-21(6-8-22)10-15-11-23-13(2)19-15/h9,11,14H,3-8,10H2,1-2H3. The molecule has 1 aliphatic carbocycles.